The Morgan fingerprint density at radius 3 is 2.56 bits per heavy atom. The summed E-state index contributed by atoms with van der Waals surface area (Å²) in [5.74, 6) is 0. The predicted octanol–water partition coefficient (Wildman–Crippen LogP) is 4.93. The van der Waals surface area contributed by atoms with E-state index in [1.165, 1.54) is 0 Å². The molecule has 2 amide bonds. The number of rotatable bonds is 3. The molecular formula is C20H16ClN5O. The van der Waals surface area contributed by atoms with Crippen LogP contribution < -0.4 is 10.6 Å². The van der Waals surface area contributed by atoms with Crippen LogP contribution in [0.2, 0.25) is 5.02 Å². The van der Waals surface area contributed by atoms with E-state index in [0.717, 1.165) is 22.0 Å². The summed E-state index contributed by atoms with van der Waals surface area (Å²) in [4.78, 5) is 16.4. The van der Waals surface area contributed by atoms with Gasteiger partial charge in [0, 0.05) is 40.6 Å². The number of hydrogen-bond donors (Lipinski definition) is 2. The zero-order chi connectivity index (χ0) is 18.8. The average Bonchev–Trinajstić information content (AvgIpc) is 3.04. The molecule has 0 spiro atoms. The third-order valence-corrected chi connectivity index (χ3v) is 4.45. The molecule has 0 unspecified atom stereocenters. The minimum atomic E-state index is -0.332. The number of nitrogens with one attached hydrogen (secondary N) is 2. The Hall–Kier alpha value is -3.38. The van der Waals surface area contributed by atoms with Crippen molar-refractivity contribution in [2.75, 3.05) is 10.6 Å². The SMILES string of the molecule is Cn1ncc2c(-c3ccc(NC(=O)Nc4cccc(Cl)c4)cc3)cncc21. The lowest BCUT2D eigenvalue weighted by atomic mass is 10.0. The van der Waals surface area contributed by atoms with Gasteiger partial charge in [-0.1, -0.05) is 29.8 Å². The number of amides is 2. The maximum Gasteiger partial charge on any atom is 0.323 e. The van der Waals surface area contributed by atoms with Crippen molar-refractivity contribution in [1.29, 1.82) is 0 Å². The molecule has 2 aromatic carbocycles. The van der Waals surface area contributed by atoms with Gasteiger partial charge in [0.2, 0.25) is 0 Å². The van der Waals surface area contributed by atoms with Crippen molar-refractivity contribution >= 4 is 39.9 Å². The summed E-state index contributed by atoms with van der Waals surface area (Å²) in [6.07, 6.45) is 5.44. The highest BCUT2D eigenvalue weighted by Crippen LogP contribution is 2.28. The number of nitrogens with zero attached hydrogens (tertiary/aromatic N) is 3. The molecule has 4 aromatic rings. The first-order valence-electron chi connectivity index (χ1n) is 8.30. The summed E-state index contributed by atoms with van der Waals surface area (Å²) >= 11 is 5.92. The third kappa shape index (κ3) is 3.61. The molecule has 0 aliphatic rings. The first kappa shape index (κ1) is 17.1. The molecule has 0 fully saturated rings. The van der Waals surface area contributed by atoms with Crippen molar-refractivity contribution in [2.45, 2.75) is 0 Å². The predicted molar refractivity (Wildman–Crippen MR) is 108 cm³/mol. The average molecular weight is 378 g/mol. The third-order valence-electron chi connectivity index (χ3n) is 4.21. The van der Waals surface area contributed by atoms with Gasteiger partial charge in [-0.3, -0.25) is 9.67 Å². The number of anilines is 2. The fourth-order valence-corrected chi connectivity index (χ4v) is 3.07. The van der Waals surface area contributed by atoms with Crippen LogP contribution in [0.3, 0.4) is 0 Å². The molecule has 0 aliphatic heterocycles. The van der Waals surface area contributed by atoms with Crippen LogP contribution in [0.1, 0.15) is 0 Å². The normalized spacial score (nSPS) is 10.7. The van der Waals surface area contributed by atoms with E-state index < -0.39 is 0 Å². The zero-order valence-electron chi connectivity index (χ0n) is 14.5. The Morgan fingerprint density at radius 2 is 1.78 bits per heavy atom. The highest BCUT2D eigenvalue weighted by molar-refractivity contribution is 6.30. The van der Waals surface area contributed by atoms with E-state index in [-0.39, 0.29) is 6.03 Å². The number of benzene rings is 2. The lowest BCUT2D eigenvalue weighted by Crippen LogP contribution is -2.19. The van der Waals surface area contributed by atoms with Crippen molar-refractivity contribution < 1.29 is 4.79 Å². The second-order valence-electron chi connectivity index (χ2n) is 6.05. The van der Waals surface area contributed by atoms with Gasteiger partial charge in [0.05, 0.1) is 17.9 Å². The van der Waals surface area contributed by atoms with Crippen LogP contribution in [-0.2, 0) is 7.05 Å². The fourth-order valence-electron chi connectivity index (χ4n) is 2.88. The van der Waals surface area contributed by atoms with Gasteiger partial charge < -0.3 is 10.6 Å². The van der Waals surface area contributed by atoms with Gasteiger partial charge in [-0.05, 0) is 35.9 Å². The summed E-state index contributed by atoms with van der Waals surface area (Å²) in [5, 5.41) is 11.4. The van der Waals surface area contributed by atoms with E-state index in [1.54, 1.807) is 35.1 Å². The van der Waals surface area contributed by atoms with E-state index in [0.29, 0.717) is 16.4 Å². The highest BCUT2D eigenvalue weighted by atomic mass is 35.5. The molecule has 2 heterocycles. The number of hydrogen-bond acceptors (Lipinski definition) is 3. The lowest BCUT2D eigenvalue weighted by Gasteiger charge is -2.09. The minimum Gasteiger partial charge on any atom is -0.308 e. The van der Waals surface area contributed by atoms with Crippen molar-refractivity contribution in [3.8, 4) is 11.1 Å². The number of urea groups is 1. The summed E-state index contributed by atoms with van der Waals surface area (Å²) in [7, 11) is 1.89. The molecule has 0 saturated heterocycles. The van der Waals surface area contributed by atoms with E-state index in [1.807, 2.05) is 43.7 Å². The molecule has 0 aliphatic carbocycles. The smallest absolute Gasteiger partial charge is 0.308 e. The van der Waals surface area contributed by atoms with Gasteiger partial charge in [-0.2, -0.15) is 5.10 Å². The number of aryl methyl sites for hydroxylation is 1. The number of carbonyl (C=O) groups excluding carboxylic acids is 1. The topological polar surface area (TPSA) is 71.8 Å². The Balaban J connectivity index is 1.51. The second kappa shape index (κ2) is 7.09. The first-order chi connectivity index (χ1) is 13.1. The minimum absolute atomic E-state index is 0.332. The van der Waals surface area contributed by atoms with Gasteiger partial charge >= 0.3 is 6.03 Å². The number of halogens is 1. The van der Waals surface area contributed by atoms with Crippen molar-refractivity contribution in [3.05, 3.63) is 72.1 Å². The van der Waals surface area contributed by atoms with Crippen LogP contribution in [0.25, 0.3) is 22.0 Å². The van der Waals surface area contributed by atoms with Crippen LogP contribution in [0.5, 0.6) is 0 Å². The van der Waals surface area contributed by atoms with Crippen LogP contribution in [0.15, 0.2) is 67.1 Å². The van der Waals surface area contributed by atoms with Crippen LogP contribution in [-0.4, -0.2) is 20.8 Å². The van der Waals surface area contributed by atoms with Gasteiger partial charge in [-0.25, -0.2) is 4.79 Å². The molecule has 0 atom stereocenters. The van der Waals surface area contributed by atoms with Gasteiger partial charge in [0.25, 0.3) is 0 Å². The Labute approximate surface area is 160 Å². The lowest BCUT2D eigenvalue weighted by molar-refractivity contribution is 0.262. The molecule has 134 valence electrons. The molecule has 6 nitrogen and oxygen atoms in total. The molecule has 0 bridgehead atoms. The Bertz CT molecular complexity index is 1120. The summed E-state index contributed by atoms with van der Waals surface area (Å²) in [5.41, 5.74) is 4.28. The van der Waals surface area contributed by atoms with Crippen molar-refractivity contribution in [2.24, 2.45) is 7.05 Å². The maximum absolute atomic E-state index is 12.1. The molecule has 2 N–H and O–H groups in total. The molecule has 2 aromatic heterocycles. The first-order valence-corrected chi connectivity index (χ1v) is 8.68. The summed E-state index contributed by atoms with van der Waals surface area (Å²) < 4.78 is 1.79. The quantitative estimate of drug-likeness (QED) is 0.531. The Kier molecular flexibility index (Phi) is 4.48. The summed E-state index contributed by atoms with van der Waals surface area (Å²) in [6.45, 7) is 0. The van der Waals surface area contributed by atoms with E-state index in [4.69, 9.17) is 11.6 Å². The van der Waals surface area contributed by atoms with Gasteiger partial charge in [0.15, 0.2) is 0 Å². The Morgan fingerprint density at radius 1 is 1.00 bits per heavy atom. The zero-order valence-corrected chi connectivity index (χ0v) is 15.2. The standard InChI is InChI=1S/C20H16ClN5O/c1-26-19-12-22-10-17(18(19)11-23-26)13-5-7-15(8-6-13)24-20(27)25-16-4-2-3-14(21)9-16/h2-12H,1H3,(H2,24,25,27). The molecule has 27 heavy (non-hydrogen) atoms. The highest BCUT2D eigenvalue weighted by Gasteiger charge is 2.09. The maximum atomic E-state index is 12.1. The van der Waals surface area contributed by atoms with Crippen LogP contribution >= 0.6 is 11.6 Å². The van der Waals surface area contributed by atoms with Gasteiger partial charge in [-0.15, -0.1) is 0 Å². The van der Waals surface area contributed by atoms with E-state index >= 15 is 0 Å². The van der Waals surface area contributed by atoms with E-state index in [9.17, 15) is 4.79 Å². The molecule has 4 rings (SSSR count). The van der Waals surface area contributed by atoms with Crippen molar-refractivity contribution in [3.63, 3.8) is 0 Å². The van der Waals surface area contributed by atoms with Gasteiger partial charge in [0.1, 0.15) is 0 Å². The number of carbonyl (C=O) groups is 1. The van der Waals surface area contributed by atoms with Crippen molar-refractivity contribution in [1.82, 2.24) is 14.8 Å². The second-order valence-corrected chi connectivity index (χ2v) is 6.49. The fraction of sp³-hybridized carbons (Fsp3) is 0.0500. The summed E-state index contributed by atoms with van der Waals surface area (Å²) in [6, 6.07) is 14.2. The number of fused-ring (bicyclic) bond motifs is 1. The molecule has 0 radical (unpaired) electrons. The van der Waals surface area contributed by atoms with Crippen LogP contribution in [0, 0.1) is 0 Å². The molecular weight excluding hydrogens is 362 g/mol. The molecule has 0 saturated carbocycles. The monoisotopic (exact) mass is 377 g/mol. The largest absolute Gasteiger partial charge is 0.323 e. The molecule has 7 heteroatoms. The van der Waals surface area contributed by atoms with Crippen LogP contribution in [0.4, 0.5) is 16.2 Å². The number of pyridine rings is 1. The van der Waals surface area contributed by atoms with E-state index in [2.05, 4.69) is 20.7 Å². The number of aromatic nitrogens is 3.